The highest BCUT2D eigenvalue weighted by molar-refractivity contribution is 6.08. The molecule has 1 unspecified atom stereocenters. The van der Waals surface area contributed by atoms with Gasteiger partial charge in [0.2, 0.25) is 0 Å². The number of benzene rings is 2. The molecule has 35 heavy (non-hydrogen) atoms. The van der Waals surface area contributed by atoms with Gasteiger partial charge in [0.05, 0.1) is 29.2 Å². The third-order valence-electron chi connectivity index (χ3n) is 6.93. The van der Waals surface area contributed by atoms with Crippen LogP contribution >= 0.6 is 0 Å². The normalized spacial score (nSPS) is 14.6. The second-order valence-electron chi connectivity index (χ2n) is 9.25. The van der Waals surface area contributed by atoms with Gasteiger partial charge >= 0.3 is 0 Å². The first-order valence-electron chi connectivity index (χ1n) is 11.7. The van der Waals surface area contributed by atoms with Crippen LogP contribution < -0.4 is 10.9 Å². The number of aromatic nitrogens is 3. The molecule has 0 aliphatic heterocycles. The van der Waals surface area contributed by atoms with Gasteiger partial charge in [0.1, 0.15) is 11.6 Å². The largest absolute Gasteiger partial charge is 0.345 e. The number of aryl methyl sites for hydroxylation is 1. The van der Waals surface area contributed by atoms with Crippen molar-refractivity contribution in [2.24, 2.45) is 5.92 Å². The Morgan fingerprint density at radius 2 is 1.94 bits per heavy atom. The third kappa shape index (κ3) is 4.24. The first-order valence-corrected chi connectivity index (χ1v) is 11.7. The summed E-state index contributed by atoms with van der Waals surface area (Å²) in [5, 5.41) is 10.2. The SMILES string of the molecule is Cc1cc(Cn2c(C)c(C(=O)NC(c3cccc(F)c3)C3CCC3)c3cccc(F)c3c2=O)n[nH]1. The maximum atomic E-state index is 14.9. The summed E-state index contributed by atoms with van der Waals surface area (Å²) in [6.45, 7) is 3.62. The molecule has 4 aromatic rings. The predicted molar refractivity (Wildman–Crippen MR) is 129 cm³/mol. The topological polar surface area (TPSA) is 79.8 Å². The molecule has 0 saturated heterocycles. The maximum Gasteiger partial charge on any atom is 0.262 e. The molecule has 2 aromatic heterocycles. The second kappa shape index (κ2) is 9.09. The Balaban J connectivity index is 1.62. The highest BCUT2D eigenvalue weighted by Gasteiger charge is 2.32. The van der Waals surface area contributed by atoms with Crippen LogP contribution in [0.15, 0.2) is 53.3 Å². The molecule has 2 aromatic carbocycles. The van der Waals surface area contributed by atoms with Gasteiger partial charge in [0.25, 0.3) is 11.5 Å². The number of fused-ring (bicyclic) bond motifs is 1. The van der Waals surface area contributed by atoms with Crippen LogP contribution in [0.25, 0.3) is 10.8 Å². The Labute approximate surface area is 201 Å². The molecule has 2 heterocycles. The van der Waals surface area contributed by atoms with Crippen molar-refractivity contribution in [2.45, 2.75) is 45.7 Å². The Morgan fingerprint density at radius 3 is 2.60 bits per heavy atom. The Morgan fingerprint density at radius 1 is 1.17 bits per heavy atom. The van der Waals surface area contributed by atoms with Gasteiger partial charge in [-0.2, -0.15) is 5.10 Å². The minimum atomic E-state index is -0.686. The van der Waals surface area contributed by atoms with Gasteiger partial charge in [-0.15, -0.1) is 0 Å². The molecule has 2 N–H and O–H groups in total. The van der Waals surface area contributed by atoms with Crippen molar-refractivity contribution in [1.29, 1.82) is 0 Å². The lowest BCUT2D eigenvalue weighted by atomic mass is 9.77. The average Bonchev–Trinajstić information content (AvgIpc) is 3.19. The quantitative estimate of drug-likeness (QED) is 0.414. The number of amides is 1. The number of pyridine rings is 1. The number of nitrogens with one attached hydrogen (secondary N) is 2. The van der Waals surface area contributed by atoms with Crippen molar-refractivity contribution in [1.82, 2.24) is 20.1 Å². The number of hydrogen-bond acceptors (Lipinski definition) is 3. The van der Waals surface area contributed by atoms with E-state index in [0.29, 0.717) is 17.0 Å². The van der Waals surface area contributed by atoms with Gasteiger partial charge in [-0.25, -0.2) is 8.78 Å². The molecule has 180 valence electrons. The summed E-state index contributed by atoms with van der Waals surface area (Å²) in [6, 6.07) is 12.0. The Hall–Kier alpha value is -3.81. The predicted octanol–water partition coefficient (Wildman–Crippen LogP) is 4.94. The van der Waals surface area contributed by atoms with Gasteiger partial charge in [-0.1, -0.05) is 30.7 Å². The summed E-state index contributed by atoms with van der Waals surface area (Å²) in [7, 11) is 0. The van der Waals surface area contributed by atoms with Gasteiger partial charge in [-0.3, -0.25) is 14.7 Å². The summed E-state index contributed by atoms with van der Waals surface area (Å²) in [6.07, 6.45) is 2.90. The van der Waals surface area contributed by atoms with E-state index < -0.39 is 17.3 Å². The molecule has 6 nitrogen and oxygen atoms in total. The molecule has 1 atom stereocenters. The number of carbonyl (C=O) groups is 1. The van der Waals surface area contributed by atoms with Gasteiger partial charge < -0.3 is 9.88 Å². The molecular formula is C27H26F2N4O2. The number of halogens is 2. The zero-order chi connectivity index (χ0) is 24.7. The summed E-state index contributed by atoms with van der Waals surface area (Å²) in [4.78, 5) is 27.1. The smallest absolute Gasteiger partial charge is 0.262 e. The van der Waals surface area contributed by atoms with Crippen molar-refractivity contribution in [2.75, 3.05) is 0 Å². The van der Waals surface area contributed by atoms with E-state index in [-0.39, 0.29) is 40.7 Å². The second-order valence-corrected chi connectivity index (χ2v) is 9.25. The summed E-state index contributed by atoms with van der Waals surface area (Å²) >= 11 is 0. The van der Waals surface area contributed by atoms with E-state index in [1.165, 1.54) is 28.8 Å². The van der Waals surface area contributed by atoms with Crippen molar-refractivity contribution in [3.05, 3.63) is 98.7 Å². The number of rotatable bonds is 6. The molecule has 1 fully saturated rings. The van der Waals surface area contributed by atoms with E-state index >= 15 is 0 Å². The van der Waals surface area contributed by atoms with Gasteiger partial charge in [0.15, 0.2) is 0 Å². The summed E-state index contributed by atoms with van der Waals surface area (Å²) in [5.74, 6) is -1.30. The highest BCUT2D eigenvalue weighted by atomic mass is 19.1. The molecule has 0 bridgehead atoms. The number of carbonyl (C=O) groups excluding carboxylic acids is 1. The zero-order valence-electron chi connectivity index (χ0n) is 19.6. The van der Waals surface area contributed by atoms with Crippen molar-refractivity contribution >= 4 is 16.7 Å². The Kier molecular flexibility index (Phi) is 5.96. The first kappa shape index (κ1) is 23.0. The van der Waals surface area contributed by atoms with Crippen LogP contribution in [0.1, 0.15) is 58.3 Å². The molecule has 1 saturated carbocycles. The van der Waals surface area contributed by atoms with Crippen LogP contribution in [0.3, 0.4) is 0 Å². The van der Waals surface area contributed by atoms with Crippen molar-refractivity contribution in [3.63, 3.8) is 0 Å². The summed E-state index contributed by atoms with van der Waals surface area (Å²) < 4.78 is 30.3. The lowest BCUT2D eigenvalue weighted by molar-refractivity contribution is 0.0900. The summed E-state index contributed by atoms with van der Waals surface area (Å²) in [5.41, 5.74) is 2.24. The molecule has 1 aliphatic carbocycles. The van der Waals surface area contributed by atoms with Crippen LogP contribution in [-0.2, 0) is 6.54 Å². The van der Waals surface area contributed by atoms with Crippen LogP contribution in [0.4, 0.5) is 8.78 Å². The van der Waals surface area contributed by atoms with Gasteiger partial charge in [-0.05, 0) is 62.4 Å². The number of nitrogens with zero attached hydrogens (tertiary/aromatic N) is 2. The van der Waals surface area contributed by atoms with Crippen LogP contribution in [0.5, 0.6) is 0 Å². The molecular weight excluding hydrogens is 450 g/mol. The number of hydrogen-bond donors (Lipinski definition) is 2. The third-order valence-corrected chi connectivity index (χ3v) is 6.93. The van der Waals surface area contributed by atoms with E-state index in [1.807, 2.05) is 6.92 Å². The average molecular weight is 477 g/mol. The standard InChI is InChI=1S/C27H26F2N4O2/c1-15-12-20(32-31-15)14-33-16(2)23(21-10-5-11-22(29)24(21)27(33)35)26(34)30-25(17-6-3-7-17)18-8-4-9-19(28)13-18/h4-5,8-13,17,25H,3,6-7,14H2,1-2H3,(H,30,34)(H,31,32). The molecule has 1 aliphatic rings. The van der Waals surface area contributed by atoms with E-state index in [1.54, 1.807) is 31.2 Å². The molecule has 5 rings (SSSR count). The van der Waals surface area contributed by atoms with Crippen molar-refractivity contribution < 1.29 is 13.6 Å². The van der Waals surface area contributed by atoms with Crippen LogP contribution in [-0.4, -0.2) is 20.7 Å². The van der Waals surface area contributed by atoms with E-state index in [0.717, 1.165) is 25.0 Å². The fourth-order valence-electron chi connectivity index (χ4n) is 4.92. The monoisotopic (exact) mass is 476 g/mol. The Bertz CT molecular complexity index is 1490. The lowest BCUT2D eigenvalue weighted by Gasteiger charge is -2.35. The van der Waals surface area contributed by atoms with Crippen molar-refractivity contribution in [3.8, 4) is 0 Å². The maximum absolute atomic E-state index is 14.9. The zero-order valence-corrected chi connectivity index (χ0v) is 19.6. The molecule has 8 heteroatoms. The van der Waals surface area contributed by atoms with Crippen LogP contribution in [0.2, 0.25) is 0 Å². The number of H-pyrrole nitrogens is 1. The minimum Gasteiger partial charge on any atom is -0.345 e. The fraction of sp³-hybridized carbons (Fsp3) is 0.296. The van der Waals surface area contributed by atoms with E-state index in [2.05, 4.69) is 15.5 Å². The highest BCUT2D eigenvalue weighted by Crippen LogP contribution is 2.38. The van der Waals surface area contributed by atoms with Gasteiger partial charge in [0, 0.05) is 16.8 Å². The minimum absolute atomic E-state index is 0.0928. The molecule has 0 radical (unpaired) electrons. The van der Waals surface area contributed by atoms with Crippen LogP contribution in [0, 0.1) is 31.4 Å². The van der Waals surface area contributed by atoms with E-state index in [9.17, 15) is 18.4 Å². The number of aromatic amines is 1. The lowest BCUT2D eigenvalue weighted by Crippen LogP contribution is -2.38. The molecule has 0 spiro atoms. The fourth-order valence-corrected chi connectivity index (χ4v) is 4.92. The first-order chi connectivity index (χ1) is 16.8. The van der Waals surface area contributed by atoms with E-state index in [4.69, 9.17) is 0 Å². The molecule has 1 amide bonds.